The minimum atomic E-state index is 0.141. The number of amides is 1. The topological polar surface area (TPSA) is 46.9 Å². The van der Waals surface area contributed by atoms with Crippen molar-refractivity contribution in [3.05, 3.63) is 30.9 Å². The molecule has 0 bridgehead atoms. The summed E-state index contributed by atoms with van der Waals surface area (Å²) in [5.41, 5.74) is 0. The number of carbonyl (C=O) groups excluding carboxylic acids is 1. The predicted molar refractivity (Wildman–Crippen MR) is 66.3 cm³/mol. The molecule has 1 aromatic rings. The largest absolute Gasteiger partial charge is 0.352 e. The number of imidazole rings is 1. The summed E-state index contributed by atoms with van der Waals surface area (Å²) in [6, 6.07) is 0.141. The second-order valence-corrected chi connectivity index (χ2v) is 4.70. The highest BCUT2D eigenvalue weighted by atomic mass is 16.1. The van der Waals surface area contributed by atoms with E-state index in [4.69, 9.17) is 0 Å². The van der Waals surface area contributed by atoms with Crippen molar-refractivity contribution in [1.82, 2.24) is 14.9 Å². The minimum Gasteiger partial charge on any atom is -0.352 e. The molecule has 0 unspecified atom stereocenters. The van der Waals surface area contributed by atoms with Crippen molar-refractivity contribution in [2.45, 2.75) is 38.8 Å². The Morgan fingerprint density at radius 1 is 1.65 bits per heavy atom. The Balaban J connectivity index is 1.72. The maximum absolute atomic E-state index is 11.8. The summed E-state index contributed by atoms with van der Waals surface area (Å²) in [6.07, 6.45) is 12.6. The number of nitrogens with zero attached hydrogens (tertiary/aromatic N) is 2. The maximum atomic E-state index is 11.8. The second kappa shape index (κ2) is 5.66. The van der Waals surface area contributed by atoms with Gasteiger partial charge in [-0.3, -0.25) is 4.79 Å². The SMILES string of the molecule is C[C@H](Cn1ccnc1)NC(=O)C[C@@H]1C=CCC1. The second-order valence-electron chi connectivity index (χ2n) is 4.70. The summed E-state index contributed by atoms with van der Waals surface area (Å²) in [5.74, 6) is 0.588. The Hall–Kier alpha value is -1.58. The molecule has 1 aliphatic carbocycles. The molecule has 0 radical (unpaired) electrons. The molecule has 2 rings (SSSR count). The lowest BCUT2D eigenvalue weighted by atomic mass is 10.0. The molecule has 92 valence electrons. The Morgan fingerprint density at radius 3 is 3.18 bits per heavy atom. The Bertz CT molecular complexity index is 383. The van der Waals surface area contributed by atoms with Crippen molar-refractivity contribution < 1.29 is 4.79 Å². The minimum absolute atomic E-state index is 0.141. The molecule has 17 heavy (non-hydrogen) atoms. The summed E-state index contributed by atoms with van der Waals surface area (Å²) in [5, 5.41) is 3.02. The van der Waals surface area contributed by atoms with Crippen molar-refractivity contribution in [3.63, 3.8) is 0 Å². The van der Waals surface area contributed by atoms with E-state index in [-0.39, 0.29) is 11.9 Å². The highest BCUT2D eigenvalue weighted by molar-refractivity contribution is 5.76. The quantitative estimate of drug-likeness (QED) is 0.787. The van der Waals surface area contributed by atoms with Crippen LogP contribution in [0.3, 0.4) is 0 Å². The summed E-state index contributed by atoms with van der Waals surface area (Å²) >= 11 is 0. The van der Waals surface area contributed by atoms with Crippen LogP contribution in [-0.2, 0) is 11.3 Å². The molecule has 2 atom stereocenters. The van der Waals surface area contributed by atoms with Crippen LogP contribution in [0.25, 0.3) is 0 Å². The van der Waals surface area contributed by atoms with Gasteiger partial charge in [0.15, 0.2) is 0 Å². The first-order valence-corrected chi connectivity index (χ1v) is 6.16. The van der Waals surface area contributed by atoms with E-state index in [9.17, 15) is 4.79 Å². The molecule has 1 heterocycles. The van der Waals surface area contributed by atoms with E-state index in [1.54, 1.807) is 12.5 Å². The van der Waals surface area contributed by atoms with Gasteiger partial charge >= 0.3 is 0 Å². The van der Waals surface area contributed by atoms with Gasteiger partial charge in [-0.15, -0.1) is 0 Å². The lowest BCUT2D eigenvalue weighted by Gasteiger charge is -2.15. The monoisotopic (exact) mass is 233 g/mol. The maximum Gasteiger partial charge on any atom is 0.220 e. The molecule has 0 saturated heterocycles. The molecule has 0 aliphatic heterocycles. The Morgan fingerprint density at radius 2 is 2.53 bits per heavy atom. The normalized spacial score (nSPS) is 20.4. The van der Waals surface area contributed by atoms with Gasteiger partial charge in [-0.25, -0.2) is 4.98 Å². The fourth-order valence-corrected chi connectivity index (χ4v) is 2.19. The first-order chi connectivity index (χ1) is 8.24. The summed E-state index contributed by atoms with van der Waals surface area (Å²) in [6.45, 7) is 2.79. The number of nitrogens with one attached hydrogen (secondary N) is 1. The molecular formula is C13H19N3O. The van der Waals surface area contributed by atoms with Crippen molar-refractivity contribution in [2.24, 2.45) is 5.92 Å². The van der Waals surface area contributed by atoms with Crippen LogP contribution in [0.2, 0.25) is 0 Å². The molecule has 1 amide bonds. The molecule has 0 aromatic carbocycles. The third kappa shape index (κ3) is 3.73. The molecule has 1 aliphatic rings. The van der Waals surface area contributed by atoms with Gasteiger partial charge in [0, 0.05) is 31.4 Å². The first-order valence-electron chi connectivity index (χ1n) is 6.16. The van der Waals surface area contributed by atoms with E-state index in [0.717, 1.165) is 19.4 Å². The van der Waals surface area contributed by atoms with Gasteiger partial charge in [-0.05, 0) is 25.7 Å². The molecular weight excluding hydrogens is 214 g/mol. The van der Waals surface area contributed by atoms with Gasteiger partial charge in [0.2, 0.25) is 5.91 Å². The zero-order valence-corrected chi connectivity index (χ0v) is 10.2. The van der Waals surface area contributed by atoms with Crippen LogP contribution in [0.5, 0.6) is 0 Å². The molecule has 4 nitrogen and oxygen atoms in total. The van der Waals surface area contributed by atoms with E-state index in [2.05, 4.69) is 22.5 Å². The third-order valence-electron chi connectivity index (χ3n) is 3.01. The molecule has 0 fully saturated rings. The van der Waals surface area contributed by atoms with Gasteiger partial charge in [0.25, 0.3) is 0 Å². The zero-order valence-electron chi connectivity index (χ0n) is 10.2. The van der Waals surface area contributed by atoms with E-state index in [1.165, 1.54) is 0 Å². The fraction of sp³-hybridized carbons (Fsp3) is 0.538. The van der Waals surface area contributed by atoms with Crippen molar-refractivity contribution in [1.29, 1.82) is 0 Å². The van der Waals surface area contributed by atoms with Crippen LogP contribution < -0.4 is 5.32 Å². The standard InChI is InChI=1S/C13H19N3O/c1-11(9-16-7-6-14-10-16)15-13(17)8-12-4-2-3-5-12/h2,4,6-7,10-12H,3,5,8-9H2,1H3,(H,15,17)/t11-,12-/m1/s1. The fourth-order valence-electron chi connectivity index (χ4n) is 2.19. The summed E-state index contributed by atoms with van der Waals surface area (Å²) in [7, 11) is 0. The van der Waals surface area contributed by atoms with E-state index >= 15 is 0 Å². The van der Waals surface area contributed by atoms with E-state index in [1.807, 2.05) is 17.7 Å². The number of hydrogen-bond acceptors (Lipinski definition) is 2. The molecule has 0 spiro atoms. The van der Waals surface area contributed by atoms with Gasteiger partial charge in [0.1, 0.15) is 0 Å². The van der Waals surface area contributed by atoms with Gasteiger partial charge in [-0.1, -0.05) is 12.2 Å². The number of allylic oxidation sites excluding steroid dienone is 2. The van der Waals surface area contributed by atoms with E-state index in [0.29, 0.717) is 12.3 Å². The molecule has 1 aromatic heterocycles. The average Bonchev–Trinajstić information content (AvgIpc) is 2.90. The van der Waals surface area contributed by atoms with Crippen LogP contribution in [0.4, 0.5) is 0 Å². The predicted octanol–water partition coefficient (Wildman–Crippen LogP) is 1.74. The number of aromatic nitrogens is 2. The van der Waals surface area contributed by atoms with Crippen LogP contribution >= 0.6 is 0 Å². The van der Waals surface area contributed by atoms with Gasteiger partial charge < -0.3 is 9.88 Å². The first kappa shape index (κ1) is 11.9. The van der Waals surface area contributed by atoms with Crippen LogP contribution in [0, 0.1) is 5.92 Å². The Labute approximate surface area is 102 Å². The van der Waals surface area contributed by atoms with Crippen molar-refractivity contribution in [3.8, 4) is 0 Å². The molecule has 1 N–H and O–H groups in total. The lowest BCUT2D eigenvalue weighted by Crippen LogP contribution is -2.36. The van der Waals surface area contributed by atoms with E-state index < -0.39 is 0 Å². The lowest BCUT2D eigenvalue weighted by molar-refractivity contribution is -0.122. The highest BCUT2D eigenvalue weighted by Gasteiger charge is 2.15. The third-order valence-corrected chi connectivity index (χ3v) is 3.01. The number of hydrogen-bond donors (Lipinski definition) is 1. The summed E-state index contributed by atoms with van der Waals surface area (Å²) in [4.78, 5) is 15.7. The Kier molecular flexibility index (Phi) is 3.96. The van der Waals surface area contributed by atoms with Crippen LogP contribution in [-0.4, -0.2) is 21.5 Å². The van der Waals surface area contributed by atoms with Crippen LogP contribution in [0.1, 0.15) is 26.2 Å². The number of carbonyl (C=O) groups is 1. The van der Waals surface area contributed by atoms with Gasteiger partial charge in [-0.2, -0.15) is 0 Å². The average molecular weight is 233 g/mol. The molecule has 0 saturated carbocycles. The van der Waals surface area contributed by atoms with Crippen molar-refractivity contribution in [2.75, 3.05) is 0 Å². The van der Waals surface area contributed by atoms with Crippen LogP contribution in [0.15, 0.2) is 30.9 Å². The number of rotatable bonds is 5. The summed E-state index contributed by atoms with van der Waals surface area (Å²) < 4.78 is 1.97. The zero-order chi connectivity index (χ0) is 12.1. The highest BCUT2D eigenvalue weighted by Crippen LogP contribution is 2.19. The van der Waals surface area contributed by atoms with Crippen molar-refractivity contribution >= 4 is 5.91 Å². The molecule has 4 heteroatoms. The smallest absolute Gasteiger partial charge is 0.220 e. The van der Waals surface area contributed by atoms with Gasteiger partial charge in [0.05, 0.1) is 6.33 Å².